The number of azo groups is 2. The van der Waals surface area contributed by atoms with Gasteiger partial charge in [0.15, 0.2) is 0 Å². The van der Waals surface area contributed by atoms with Gasteiger partial charge >= 0.3 is 59.1 Å². The van der Waals surface area contributed by atoms with Crippen molar-refractivity contribution >= 4 is 49.3 Å². The molecule has 0 saturated carbocycles. The number of fused-ring (bicyclic) bond motifs is 1. The van der Waals surface area contributed by atoms with Crippen LogP contribution in [0.1, 0.15) is 0 Å². The Hall–Kier alpha value is -2.35. The third-order valence-electron chi connectivity index (χ3n) is 4.56. The van der Waals surface area contributed by atoms with Gasteiger partial charge in [-0.05, 0) is 36.4 Å². The minimum Gasteiger partial charge on any atom is -0.744 e. The van der Waals surface area contributed by atoms with Gasteiger partial charge in [-0.1, -0.05) is 29.7 Å². The first kappa shape index (κ1) is 28.9. The summed E-state index contributed by atoms with van der Waals surface area (Å²) in [6, 6.07) is 19.4. The Labute approximate surface area is 245 Å². The molecule has 4 aromatic rings. The molecule has 0 aromatic heterocycles. The maximum absolute atomic E-state index is 11.9. The Morgan fingerprint density at radius 1 is 0.857 bits per heavy atom. The molecular formula is C22H15N5Na2O5S. The van der Waals surface area contributed by atoms with Gasteiger partial charge in [0.25, 0.3) is 0 Å². The normalized spacial score (nSPS) is 11.5. The van der Waals surface area contributed by atoms with Gasteiger partial charge in [0.1, 0.15) is 21.6 Å². The molecule has 0 spiro atoms. The molecule has 0 aliphatic carbocycles. The van der Waals surface area contributed by atoms with Crippen molar-refractivity contribution in [3.63, 3.8) is 0 Å². The van der Waals surface area contributed by atoms with E-state index in [1.54, 1.807) is 24.3 Å². The molecule has 4 rings (SSSR count). The van der Waals surface area contributed by atoms with Crippen molar-refractivity contribution in [2.75, 3.05) is 5.73 Å². The molecule has 4 aromatic carbocycles. The molecule has 35 heavy (non-hydrogen) atoms. The van der Waals surface area contributed by atoms with Crippen LogP contribution in [0.4, 0.5) is 28.4 Å². The van der Waals surface area contributed by atoms with Crippen molar-refractivity contribution in [3.05, 3.63) is 72.8 Å². The second kappa shape index (κ2) is 12.1. The second-order valence-electron chi connectivity index (χ2n) is 6.79. The third kappa shape index (κ3) is 6.66. The molecule has 0 aliphatic rings. The van der Waals surface area contributed by atoms with Crippen LogP contribution in [-0.4, -0.2) is 23.2 Å². The van der Waals surface area contributed by atoms with Gasteiger partial charge in [0.05, 0.1) is 16.3 Å². The second-order valence-corrected chi connectivity index (χ2v) is 8.14. The minimum atomic E-state index is -4.99. The van der Waals surface area contributed by atoms with E-state index in [2.05, 4.69) is 26.5 Å². The van der Waals surface area contributed by atoms with E-state index >= 15 is 0 Å². The van der Waals surface area contributed by atoms with Crippen LogP contribution >= 0.6 is 0 Å². The minimum absolute atomic E-state index is 0. The summed E-state index contributed by atoms with van der Waals surface area (Å²) in [6.07, 6.45) is 0. The first-order chi connectivity index (χ1) is 15.7. The smallest absolute Gasteiger partial charge is 0.744 e. The van der Waals surface area contributed by atoms with Crippen LogP contribution in [-0.2, 0) is 10.1 Å². The van der Waals surface area contributed by atoms with E-state index < -0.39 is 26.5 Å². The molecule has 13 heteroatoms. The number of phenols is 2. The van der Waals surface area contributed by atoms with Gasteiger partial charge in [0, 0.05) is 17.1 Å². The first-order valence-electron chi connectivity index (χ1n) is 9.37. The third-order valence-corrected chi connectivity index (χ3v) is 5.41. The zero-order chi connectivity index (χ0) is 23.6. The number of aromatic hydroxyl groups is 2. The molecule has 0 radical (unpaired) electrons. The summed E-state index contributed by atoms with van der Waals surface area (Å²) in [5.41, 5.74) is 6.18. The van der Waals surface area contributed by atoms with Gasteiger partial charge in [-0.3, -0.25) is 0 Å². The van der Waals surface area contributed by atoms with E-state index in [0.717, 1.165) is 6.07 Å². The predicted octanol–water partition coefficient (Wildman–Crippen LogP) is -0.624. The largest absolute Gasteiger partial charge is 1.00 e. The van der Waals surface area contributed by atoms with Gasteiger partial charge in [-0.2, -0.15) is 27.5 Å². The van der Waals surface area contributed by atoms with Crippen LogP contribution in [0.3, 0.4) is 0 Å². The predicted molar refractivity (Wildman–Crippen MR) is 120 cm³/mol. The van der Waals surface area contributed by atoms with Gasteiger partial charge in [-0.15, -0.1) is 10.5 Å². The van der Waals surface area contributed by atoms with Crippen molar-refractivity contribution in [3.8, 4) is 11.5 Å². The number of phenolic OH excluding ortho intramolecular Hbond substituents is 2. The average molecular weight is 507 g/mol. The van der Waals surface area contributed by atoms with E-state index in [1.165, 1.54) is 30.3 Å². The number of nitrogens with zero attached hydrogens (tertiary/aromatic N) is 4. The number of anilines is 1. The van der Waals surface area contributed by atoms with Gasteiger partial charge in [-0.25, -0.2) is 8.42 Å². The summed E-state index contributed by atoms with van der Waals surface area (Å²) >= 11 is 0. The molecule has 0 bridgehead atoms. The topological polar surface area (TPSA) is 173 Å². The van der Waals surface area contributed by atoms with E-state index in [-0.39, 0.29) is 92.7 Å². The van der Waals surface area contributed by atoms with Crippen LogP contribution in [0.25, 0.3) is 10.8 Å². The van der Waals surface area contributed by atoms with Crippen molar-refractivity contribution < 1.29 is 82.3 Å². The summed E-state index contributed by atoms with van der Waals surface area (Å²) in [5.74, 6) is -0.416. The zero-order valence-corrected chi connectivity index (χ0v) is 23.6. The Bertz CT molecular complexity index is 1510. The monoisotopic (exact) mass is 507 g/mol. The molecule has 0 unspecified atom stereocenters. The zero-order valence-electron chi connectivity index (χ0n) is 18.7. The number of rotatable bonds is 5. The maximum Gasteiger partial charge on any atom is 1.00 e. The van der Waals surface area contributed by atoms with E-state index in [1.807, 2.05) is 6.07 Å². The van der Waals surface area contributed by atoms with Crippen LogP contribution < -0.4 is 64.8 Å². The summed E-state index contributed by atoms with van der Waals surface area (Å²) in [7, 11) is -4.99. The number of hydrogen-bond donors (Lipinski definition) is 3. The molecular weight excluding hydrogens is 492 g/mol. The van der Waals surface area contributed by atoms with Crippen LogP contribution in [0, 0.1) is 6.07 Å². The fourth-order valence-electron chi connectivity index (χ4n) is 3.00. The van der Waals surface area contributed by atoms with Crippen LogP contribution in [0.2, 0.25) is 0 Å². The fraction of sp³-hybridized carbons (Fsp3) is 0. The quantitative estimate of drug-likeness (QED) is 0.107. The molecule has 0 heterocycles. The van der Waals surface area contributed by atoms with E-state index in [0.29, 0.717) is 5.69 Å². The Morgan fingerprint density at radius 3 is 2.09 bits per heavy atom. The van der Waals surface area contributed by atoms with E-state index in [4.69, 9.17) is 5.73 Å². The Kier molecular flexibility index (Phi) is 9.95. The molecule has 10 nitrogen and oxygen atoms in total. The van der Waals surface area contributed by atoms with Crippen LogP contribution in [0.15, 0.2) is 92.1 Å². The van der Waals surface area contributed by atoms with Crippen molar-refractivity contribution in [1.82, 2.24) is 0 Å². The van der Waals surface area contributed by atoms with Crippen molar-refractivity contribution in [2.45, 2.75) is 4.90 Å². The van der Waals surface area contributed by atoms with Gasteiger partial charge in [0.2, 0.25) is 0 Å². The molecule has 0 amide bonds. The molecule has 0 atom stereocenters. The maximum atomic E-state index is 11.9. The summed E-state index contributed by atoms with van der Waals surface area (Å²) in [6.45, 7) is 0. The van der Waals surface area contributed by atoms with Crippen LogP contribution in [0.5, 0.6) is 11.5 Å². The molecule has 4 N–H and O–H groups in total. The summed E-state index contributed by atoms with van der Waals surface area (Å²) in [4.78, 5) is -0.707. The fourth-order valence-corrected chi connectivity index (χ4v) is 3.66. The standard InChI is InChI=1S/C22H16N5O5S.2Na/c23-20-19-13(6-11-17(22(19)29)26-24-14-4-2-1-3-5-14)12-18(33(30,31)32)21(20)27-25-15-7-9-16(28)10-8-15;;/h1-10,12,28-29H,23H2,(H,30,31,32);;/q-1;2*+1/p-1. The summed E-state index contributed by atoms with van der Waals surface area (Å²) < 4.78 is 35.6. The molecule has 166 valence electrons. The molecule has 0 aliphatic heterocycles. The van der Waals surface area contributed by atoms with E-state index in [9.17, 15) is 23.2 Å². The van der Waals surface area contributed by atoms with Gasteiger partial charge < -0.3 is 20.5 Å². The first-order valence-corrected chi connectivity index (χ1v) is 10.8. The number of hydrogen-bond acceptors (Lipinski definition) is 10. The average Bonchev–Trinajstić information content (AvgIpc) is 2.79. The summed E-state index contributed by atoms with van der Waals surface area (Å²) in [5, 5.41) is 36.0. The Balaban J connectivity index is 0.00000216. The number of benzene rings is 4. The number of nitrogens with two attached hydrogens (primary N) is 1. The van der Waals surface area contributed by atoms with Crippen molar-refractivity contribution in [1.29, 1.82) is 0 Å². The molecule has 0 fully saturated rings. The Morgan fingerprint density at radius 2 is 1.46 bits per heavy atom. The number of nitrogen functional groups attached to an aromatic ring is 1. The van der Waals surface area contributed by atoms with Crippen molar-refractivity contribution in [2.24, 2.45) is 20.5 Å². The SMILES string of the molecule is Nc1c(N=Nc2ccc(O)cc2)c(S(=O)(=O)[O-])cc2c[c-]c(N=Nc3ccccc3)c(O)c12.[Na+].[Na+]. The molecule has 0 saturated heterocycles.